The fraction of sp³-hybridized carbons (Fsp3) is 0.500. The first-order valence-corrected chi connectivity index (χ1v) is 8.40. The van der Waals surface area contributed by atoms with Gasteiger partial charge in [-0.1, -0.05) is 6.92 Å². The lowest BCUT2D eigenvalue weighted by Crippen LogP contribution is -2.16. The molecule has 4 nitrogen and oxygen atoms in total. The van der Waals surface area contributed by atoms with Crippen LogP contribution in [0.2, 0.25) is 0 Å². The third kappa shape index (κ3) is 3.80. The minimum atomic E-state index is 0.745. The Morgan fingerprint density at radius 1 is 1.33 bits per heavy atom. The van der Waals surface area contributed by atoms with E-state index in [1.54, 1.807) is 0 Å². The summed E-state index contributed by atoms with van der Waals surface area (Å²) < 4.78 is 0. The van der Waals surface area contributed by atoms with E-state index >= 15 is 0 Å². The predicted octanol–water partition coefficient (Wildman–Crippen LogP) is 2.99. The Bertz CT molecular complexity index is 577. The Balaban J connectivity index is 1.68. The van der Waals surface area contributed by atoms with Gasteiger partial charge in [-0.15, -0.1) is 11.3 Å². The number of pyridine rings is 1. The molecule has 3 rings (SSSR count). The molecule has 21 heavy (non-hydrogen) atoms. The smallest absolute Gasteiger partial charge is 0.185 e. The fourth-order valence-corrected chi connectivity index (χ4v) is 3.36. The Kier molecular flexibility index (Phi) is 4.51. The highest BCUT2D eigenvalue weighted by Gasteiger charge is 2.21. The van der Waals surface area contributed by atoms with Crippen molar-refractivity contribution < 1.29 is 0 Å². The molecule has 0 amide bonds. The van der Waals surface area contributed by atoms with Crippen molar-refractivity contribution in [2.24, 2.45) is 0 Å². The molecule has 1 saturated carbocycles. The van der Waals surface area contributed by atoms with Crippen molar-refractivity contribution >= 4 is 16.5 Å². The molecule has 2 aromatic rings. The number of anilines is 1. The zero-order valence-corrected chi connectivity index (χ0v) is 13.5. The van der Waals surface area contributed by atoms with Gasteiger partial charge < -0.3 is 10.2 Å². The average molecular weight is 302 g/mol. The molecule has 2 heterocycles. The maximum absolute atomic E-state index is 4.81. The van der Waals surface area contributed by atoms with Crippen LogP contribution >= 0.6 is 11.3 Å². The molecule has 0 atom stereocenters. The lowest BCUT2D eigenvalue weighted by molar-refractivity contribution is 0.689. The summed E-state index contributed by atoms with van der Waals surface area (Å²) in [4.78, 5) is 12.5. The largest absolute Gasteiger partial charge is 0.347 e. The number of aryl methyl sites for hydroxylation is 1. The third-order valence-corrected chi connectivity index (χ3v) is 4.94. The molecular weight excluding hydrogens is 280 g/mol. The lowest BCUT2D eigenvalue weighted by Gasteiger charge is -2.15. The number of nitrogens with zero attached hydrogens (tertiary/aromatic N) is 3. The van der Waals surface area contributed by atoms with Crippen molar-refractivity contribution in [2.75, 3.05) is 11.9 Å². The molecule has 2 aromatic heterocycles. The molecular formula is C16H22N4S. The Hall–Kier alpha value is -1.46. The molecule has 0 bridgehead atoms. The standard InChI is InChI=1S/C16H22N4S/c1-3-14-15(10-18-13-4-5-13)21-16(19-14)20(2)11-12-6-8-17-9-7-12/h6-9,13,18H,3-5,10-11H2,1-2H3. The monoisotopic (exact) mass is 302 g/mol. The SMILES string of the molecule is CCc1nc(N(C)Cc2ccncc2)sc1CNC1CC1. The Labute approximate surface area is 130 Å². The Morgan fingerprint density at radius 2 is 2.10 bits per heavy atom. The van der Waals surface area contributed by atoms with Crippen molar-refractivity contribution in [3.8, 4) is 0 Å². The molecule has 0 aliphatic heterocycles. The zero-order valence-electron chi connectivity index (χ0n) is 12.7. The highest BCUT2D eigenvalue weighted by molar-refractivity contribution is 7.15. The minimum absolute atomic E-state index is 0.745. The topological polar surface area (TPSA) is 41.1 Å². The van der Waals surface area contributed by atoms with Crippen LogP contribution in [0.15, 0.2) is 24.5 Å². The number of hydrogen-bond acceptors (Lipinski definition) is 5. The van der Waals surface area contributed by atoms with E-state index in [0.29, 0.717) is 0 Å². The maximum Gasteiger partial charge on any atom is 0.185 e. The highest BCUT2D eigenvalue weighted by atomic mass is 32.1. The van der Waals surface area contributed by atoms with Crippen LogP contribution in [0.4, 0.5) is 5.13 Å². The van der Waals surface area contributed by atoms with Gasteiger partial charge in [-0.25, -0.2) is 4.98 Å². The van der Waals surface area contributed by atoms with E-state index in [-0.39, 0.29) is 0 Å². The van der Waals surface area contributed by atoms with Crippen LogP contribution in [0.3, 0.4) is 0 Å². The van der Waals surface area contributed by atoms with Crippen LogP contribution in [0.1, 0.15) is 35.9 Å². The third-order valence-electron chi connectivity index (χ3n) is 3.73. The van der Waals surface area contributed by atoms with Gasteiger partial charge in [0.05, 0.1) is 5.69 Å². The summed E-state index contributed by atoms with van der Waals surface area (Å²) in [6.45, 7) is 4.02. The van der Waals surface area contributed by atoms with Gasteiger partial charge in [0.15, 0.2) is 5.13 Å². The minimum Gasteiger partial charge on any atom is -0.347 e. The second kappa shape index (κ2) is 6.54. The number of hydrogen-bond donors (Lipinski definition) is 1. The van der Waals surface area contributed by atoms with Crippen LogP contribution in [-0.4, -0.2) is 23.1 Å². The average Bonchev–Trinajstić information content (AvgIpc) is 3.24. The van der Waals surface area contributed by atoms with Gasteiger partial charge in [-0.3, -0.25) is 4.98 Å². The molecule has 1 fully saturated rings. The molecule has 112 valence electrons. The van der Waals surface area contributed by atoms with Gasteiger partial charge in [-0.05, 0) is 37.0 Å². The lowest BCUT2D eigenvalue weighted by atomic mass is 10.2. The van der Waals surface area contributed by atoms with Crippen LogP contribution < -0.4 is 10.2 Å². The van der Waals surface area contributed by atoms with Crippen molar-refractivity contribution in [3.63, 3.8) is 0 Å². The normalized spacial score (nSPS) is 14.4. The fourth-order valence-electron chi connectivity index (χ4n) is 2.30. The number of rotatable bonds is 7. The van der Waals surface area contributed by atoms with Gasteiger partial charge >= 0.3 is 0 Å². The van der Waals surface area contributed by atoms with E-state index in [2.05, 4.69) is 41.3 Å². The first-order chi connectivity index (χ1) is 10.3. The summed E-state index contributed by atoms with van der Waals surface area (Å²) in [5.41, 5.74) is 2.50. The van der Waals surface area contributed by atoms with Crippen molar-refractivity contribution in [1.29, 1.82) is 0 Å². The molecule has 0 spiro atoms. The van der Waals surface area contributed by atoms with Crippen LogP contribution in [0, 0.1) is 0 Å². The van der Waals surface area contributed by atoms with E-state index < -0.39 is 0 Å². The van der Waals surface area contributed by atoms with Crippen molar-refractivity contribution in [2.45, 2.75) is 45.3 Å². The number of nitrogens with one attached hydrogen (secondary N) is 1. The summed E-state index contributed by atoms with van der Waals surface area (Å²) in [6.07, 6.45) is 7.34. The predicted molar refractivity (Wildman–Crippen MR) is 87.7 cm³/mol. The molecule has 1 N–H and O–H groups in total. The summed E-state index contributed by atoms with van der Waals surface area (Å²) in [6, 6.07) is 4.86. The summed E-state index contributed by atoms with van der Waals surface area (Å²) in [5, 5.41) is 4.70. The number of thiazole rings is 1. The molecule has 1 aliphatic rings. The van der Waals surface area contributed by atoms with Crippen molar-refractivity contribution in [1.82, 2.24) is 15.3 Å². The first kappa shape index (κ1) is 14.5. The molecule has 0 unspecified atom stereocenters. The number of aromatic nitrogens is 2. The van der Waals surface area contributed by atoms with Crippen LogP contribution in [0.25, 0.3) is 0 Å². The van der Waals surface area contributed by atoms with E-state index in [4.69, 9.17) is 4.98 Å². The van der Waals surface area contributed by atoms with Gasteiger partial charge in [-0.2, -0.15) is 0 Å². The Morgan fingerprint density at radius 3 is 2.76 bits per heavy atom. The van der Waals surface area contributed by atoms with Crippen LogP contribution in [-0.2, 0) is 19.5 Å². The molecule has 1 aliphatic carbocycles. The van der Waals surface area contributed by atoms with E-state index in [1.165, 1.54) is 29.0 Å². The zero-order chi connectivity index (χ0) is 14.7. The molecule has 0 radical (unpaired) electrons. The van der Waals surface area contributed by atoms with Gasteiger partial charge in [0, 0.05) is 43.4 Å². The van der Waals surface area contributed by atoms with E-state index in [1.807, 2.05) is 23.7 Å². The van der Waals surface area contributed by atoms with Crippen molar-refractivity contribution in [3.05, 3.63) is 40.7 Å². The quantitative estimate of drug-likeness (QED) is 0.853. The van der Waals surface area contributed by atoms with E-state index in [0.717, 1.165) is 30.7 Å². The second-order valence-corrected chi connectivity index (χ2v) is 6.65. The summed E-state index contributed by atoms with van der Waals surface area (Å²) in [7, 11) is 2.11. The highest BCUT2D eigenvalue weighted by Crippen LogP contribution is 2.28. The van der Waals surface area contributed by atoms with Crippen LogP contribution in [0.5, 0.6) is 0 Å². The first-order valence-electron chi connectivity index (χ1n) is 7.58. The van der Waals surface area contributed by atoms with Gasteiger partial charge in [0.1, 0.15) is 0 Å². The molecule has 0 saturated heterocycles. The van der Waals surface area contributed by atoms with Gasteiger partial charge in [0.25, 0.3) is 0 Å². The maximum atomic E-state index is 4.81. The van der Waals surface area contributed by atoms with E-state index in [9.17, 15) is 0 Å². The molecule has 0 aromatic carbocycles. The second-order valence-electron chi connectivity index (χ2n) is 5.59. The molecule has 5 heteroatoms. The summed E-state index contributed by atoms with van der Waals surface area (Å²) >= 11 is 1.82. The van der Waals surface area contributed by atoms with Gasteiger partial charge in [0.2, 0.25) is 0 Å². The summed E-state index contributed by atoms with van der Waals surface area (Å²) in [5.74, 6) is 0.